The molecule has 0 amide bonds. The van der Waals surface area contributed by atoms with Gasteiger partial charge in [-0.15, -0.1) is 0 Å². The normalized spacial score (nSPS) is 18.5. The summed E-state index contributed by atoms with van der Waals surface area (Å²) in [5.74, 6) is 0. The van der Waals surface area contributed by atoms with Crippen LogP contribution in [0, 0.1) is 0 Å². The molecular weight excluding hydrogens is 411 g/mol. The number of hydrogen-bond acceptors (Lipinski definition) is 3. The molecule has 5 rings (SSSR count). The minimum Gasteiger partial charge on any atom is -0.347 e. The molecule has 0 aliphatic carbocycles. The van der Waals surface area contributed by atoms with Gasteiger partial charge in [0.25, 0.3) is 0 Å². The van der Waals surface area contributed by atoms with Gasteiger partial charge in [0.15, 0.2) is 8.45 Å². The van der Waals surface area contributed by atoms with Crippen LogP contribution in [0.2, 0.25) is 0 Å². The quantitative estimate of drug-likeness (QED) is 0.305. The molecule has 32 heavy (non-hydrogen) atoms. The molecular formula is C28H31N2OP. The van der Waals surface area contributed by atoms with Crippen molar-refractivity contribution in [1.82, 2.24) is 9.34 Å². The Hall–Kier alpha value is -2.29. The zero-order valence-corrected chi connectivity index (χ0v) is 19.6. The smallest absolute Gasteiger partial charge is 0.186 e. The van der Waals surface area contributed by atoms with E-state index in [-0.39, 0.29) is 6.04 Å². The van der Waals surface area contributed by atoms with Gasteiger partial charge in [0.1, 0.15) is 0 Å². The second kappa shape index (κ2) is 9.68. The highest BCUT2D eigenvalue weighted by Crippen LogP contribution is 2.52. The first kappa shape index (κ1) is 21.6. The molecule has 4 aromatic carbocycles. The van der Waals surface area contributed by atoms with E-state index in [2.05, 4.69) is 101 Å². The van der Waals surface area contributed by atoms with E-state index < -0.39 is 8.45 Å². The molecule has 3 nitrogen and oxygen atoms in total. The van der Waals surface area contributed by atoms with Crippen LogP contribution >= 0.6 is 8.45 Å². The minimum absolute atomic E-state index is 0.245. The summed E-state index contributed by atoms with van der Waals surface area (Å²) in [7, 11) is -1.34. The fourth-order valence-corrected chi connectivity index (χ4v) is 6.64. The fraction of sp³-hybridized carbons (Fsp3) is 0.286. The monoisotopic (exact) mass is 442 g/mol. The number of hydrogen-bond donors (Lipinski definition) is 1. The summed E-state index contributed by atoms with van der Waals surface area (Å²) in [6.45, 7) is 4.85. The van der Waals surface area contributed by atoms with Gasteiger partial charge in [0.2, 0.25) is 0 Å². The van der Waals surface area contributed by atoms with Gasteiger partial charge in [-0.3, -0.25) is 0 Å². The highest BCUT2D eigenvalue weighted by Gasteiger charge is 2.37. The van der Waals surface area contributed by atoms with Crippen molar-refractivity contribution in [2.24, 2.45) is 0 Å². The Kier molecular flexibility index (Phi) is 6.52. The second-order valence-electron chi connectivity index (χ2n) is 8.68. The predicted molar refractivity (Wildman–Crippen MR) is 136 cm³/mol. The van der Waals surface area contributed by atoms with Crippen LogP contribution in [0.3, 0.4) is 0 Å². The second-order valence-corrected chi connectivity index (χ2v) is 10.3. The van der Waals surface area contributed by atoms with Crippen molar-refractivity contribution in [3.63, 3.8) is 0 Å². The fourth-order valence-electron chi connectivity index (χ4n) is 5.01. The molecule has 1 N–H and O–H groups in total. The highest BCUT2D eigenvalue weighted by atomic mass is 31.2. The number of fused-ring (bicyclic) bond motifs is 2. The third-order valence-corrected chi connectivity index (χ3v) is 8.46. The van der Waals surface area contributed by atoms with Crippen LogP contribution in [0.4, 0.5) is 0 Å². The standard InChI is InChI=1S/C28H31N2OP/c1-2-3-18-28(27-17-9-13-23-11-5-7-16-26(23)27)30-20-19-29(32(30)31)21-24-14-8-12-22-10-4-6-15-25(22)24/h4-17,28,31H,2-3,18-21H2,1H3. The number of rotatable bonds is 7. The summed E-state index contributed by atoms with van der Waals surface area (Å²) in [5.41, 5.74) is 2.65. The molecule has 0 spiro atoms. The van der Waals surface area contributed by atoms with Crippen LogP contribution in [0.1, 0.15) is 43.4 Å². The van der Waals surface area contributed by atoms with Crippen molar-refractivity contribution >= 4 is 30.0 Å². The van der Waals surface area contributed by atoms with Gasteiger partial charge < -0.3 is 4.89 Å². The van der Waals surface area contributed by atoms with Crippen molar-refractivity contribution in [3.05, 3.63) is 96.1 Å². The summed E-state index contributed by atoms with van der Waals surface area (Å²) >= 11 is 0. The van der Waals surface area contributed by atoms with Crippen LogP contribution in [0.5, 0.6) is 0 Å². The van der Waals surface area contributed by atoms with E-state index in [0.29, 0.717) is 0 Å². The Bertz CT molecular complexity index is 1200. The van der Waals surface area contributed by atoms with Crippen molar-refractivity contribution in [3.8, 4) is 0 Å². The molecule has 1 aliphatic rings. The van der Waals surface area contributed by atoms with Crippen molar-refractivity contribution < 1.29 is 4.89 Å². The Morgan fingerprint density at radius 2 is 1.47 bits per heavy atom. The Labute approximate surface area is 192 Å². The molecule has 0 radical (unpaired) electrons. The number of unbranched alkanes of at least 4 members (excludes halogenated alkanes) is 1. The summed E-state index contributed by atoms with van der Waals surface area (Å²) < 4.78 is 4.65. The molecule has 164 valence electrons. The maximum Gasteiger partial charge on any atom is 0.186 e. The van der Waals surface area contributed by atoms with Crippen LogP contribution in [0.25, 0.3) is 21.5 Å². The first-order valence-electron chi connectivity index (χ1n) is 11.7. The topological polar surface area (TPSA) is 26.7 Å². The Balaban J connectivity index is 1.43. The molecule has 0 bridgehead atoms. The maximum absolute atomic E-state index is 11.5. The van der Waals surface area contributed by atoms with Gasteiger partial charge in [0.05, 0.1) is 0 Å². The lowest BCUT2D eigenvalue weighted by molar-refractivity contribution is 0.326. The molecule has 2 atom stereocenters. The number of nitrogens with zero attached hydrogens (tertiary/aromatic N) is 2. The minimum atomic E-state index is -1.34. The molecule has 4 heteroatoms. The molecule has 4 aromatic rings. The average Bonchev–Trinajstić information content (AvgIpc) is 3.19. The first-order chi connectivity index (χ1) is 15.8. The van der Waals surface area contributed by atoms with Crippen molar-refractivity contribution in [2.75, 3.05) is 13.1 Å². The molecule has 0 aromatic heterocycles. The van der Waals surface area contributed by atoms with E-state index in [4.69, 9.17) is 0 Å². The number of benzene rings is 4. The zero-order valence-electron chi connectivity index (χ0n) is 18.7. The summed E-state index contributed by atoms with van der Waals surface area (Å²) in [6.07, 6.45) is 3.40. The predicted octanol–water partition coefficient (Wildman–Crippen LogP) is 7.26. The van der Waals surface area contributed by atoms with Gasteiger partial charge in [-0.2, -0.15) is 0 Å². The van der Waals surface area contributed by atoms with E-state index in [1.807, 2.05) is 0 Å². The molecule has 0 saturated carbocycles. The first-order valence-corrected chi connectivity index (χ1v) is 12.9. The Morgan fingerprint density at radius 3 is 2.25 bits per heavy atom. The van der Waals surface area contributed by atoms with Gasteiger partial charge >= 0.3 is 0 Å². The van der Waals surface area contributed by atoms with E-state index >= 15 is 0 Å². The van der Waals surface area contributed by atoms with E-state index in [0.717, 1.165) is 38.9 Å². The van der Waals surface area contributed by atoms with Crippen molar-refractivity contribution in [2.45, 2.75) is 38.8 Å². The Morgan fingerprint density at radius 1 is 0.812 bits per heavy atom. The third-order valence-electron chi connectivity index (χ3n) is 6.68. The average molecular weight is 443 g/mol. The lowest BCUT2D eigenvalue weighted by Crippen LogP contribution is -2.22. The van der Waals surface area contributed by atoms with E-state index in [1.165, 1.54) is 32.7 Å². The van der Waals surface area contributed by atoms with Crippen molar-refractivity contribution in [1.29, 1.82) is 0 Å². The van der Waals surface area contributed by atoms with Gasteiger partial charge in [0, 0.05) is 25.7 Å². The van der Waals surface area contributed by atoms with Gasteiger partial charge in [-0.1, -0.05) is 105 Å². The van der Waals surface area contributed by atoms with Crippen LogP contribution in [-0.4, -0.2) is 27.3 Å². The summed E-state index contributed by atoms with van der Waals surface area (Å²) in [4.78, 5) is 11.5. The van der Waals surface area contributed by atoms with Crippen LogP contribution in [-0.2, 0) is 6.54 Å². The SMILES string of the molecule is CCCCC(c1cccc2ccccc12)N1CCN(Cc2cccc3ccccc23)P1O. The zero-order chi connectivity index (χ0) is 21.9. The summed E-state index contributed by atoms with van der Waals surface area (Å²) in [6, 6.07) is 30.6. The van der Waals surface area contributed by atoms with Gasteiger partial charge in [-0.05, 0) is 39.1 Å². The van der Waals surface area contributed by atoms with Gasteiger partial charge in [-0.25, -0.2) is 9.34 Å². The lowest BCUT2D eigenvalue weighted by atomic mass is 9.95. The largest absolute Gasteiger partial charge is 0.347 e. The third kappa shape index (κ3) is 4.19. The molecule has 1 aliphatic heterocycles. The van der Waals surface area contributed by atoms with E-state index in [9.17, 15) is 4.89 Å². The molecule has 2 unspecified atom stereocenters. The van der Waals surface area contributed by atoms with Crippen LogP contribution in [0.15, 0.2) is 84.9 Å². The highest BCUT2D eigenvalue weighted by molar-refractivity contribution is 7.46. The lowest BCUT2D eigenvalue weighted by Gasteiger charge is -2.32. The van der Waals surface area contributed by atoms with Crippen LogP contribution < -0.4 is 0 Å². The summed E-state index contributed by atoms with van der Waals surface area (Å²) in [5, 5.41) is 5.14. The maximum atomic E-state index is 11.5. The molecule has 1 saturated heterocycles. The van der Waals surface area contributed by atoms with E-state index in [1.54, 1.807) is 0 Å². The molecule has 1 fully saturated rings. The molecule has 1 heterocycles.